The molecule has 2 aromatic rings. The van der Waals surface area contributed by atoms with Crippen molar-refractivity contribution < 1.29 is 61.4 Å². The molecule has 0 aliphatic rings. The average Bonchev–Trinajstić information content (AvgIpc) is 3.47. The summed E-state index contributed by atoms with van der Waals surface area (Å²) in [7, 11) is 6.00. The highest BCUT2D eigenvalue weighted by Gasteiger charge is 2.29. The van der Waals surface area contributed by atoms with Crippen molar-refractivity contribution >= 4 is 72.7 Å². The highest BCUT2D eigenvalue weighted by Crippen LogP contribution is 2.29. The zero-order chi connectivity index (χ0) is 65.9. The Morgan fingerprint density at radius 3 is 0.684 bits per heavy atom. The molecular weight excluding hydrogens is 1050 g/mol. The molecule has 0 amide bonds. The van der Waals surface area contributed by atoms with Crippen LogP contribution in [0.1, 0.15) is 174 Å². The van der Waals surface area contributed by atoms with E-state index >= 15 is 0 Å². The zero-order valence-electron chi connectivity index (χ0n) is 55.4. The molecule has 0 aliphatic heterocycles. The van der Waals surface area contributed by atoms with Gasteiger partial charge in [-0.3, -0.25) is 0 Å². The number of hydrogen-bond donors (Lipinski definition) is 10. The molecule has 0 spiro atoms. The van der Waals surface area contributed by atoms with Gasteiger partial charge in [-0.2, -0.15) is 13.2 Å². The van der Waals surface area contributed by atoms with E-state index in [-0.39, 0.29) is 36.9 Å². The van der Waals surface area contributed by atoms with E-state index in [0.717, 1.165) is 59.2 Å². The molecule has 23 heteroatoms. The number of benzene rings is 2. The fourth-order valence-corrected chi connectivity index (χ4v) is 1.90. The number of carbonyl (C=O) groups is 9. The van der Waals surface area contributed by atoms with E-state index in [1.807, 2.05) is 114 Å². The molecule has 0 aliphatic carbocycles. The standard InChI is InChI=1S/C9H9F3.C8H9Cl.3C5H12.C4H10.C3H8O.2C2H6.4CH5N.9CH2O.5H3N/c1-2-7-3-5-8(6-4-7)9(10,11)12;1-2-7-4-3-5-8(9)6-7;3*1-4-5(2)3;1-4(2)3;1-3(2)4;15*1-2;;;;;/h3-6H,2H2,1H3;3-6H,2H2,1H3;3*5H,4H2,1-3H3;4H,1-3H3;3-4H,1-2H3;2*1-2H3;4*2H2,1H3;9*1H2;5*1H3. The summed E-state index contributed by atoms with van der Waals surface area (Å²) in [5.74, 6) is 3.49. The molecule has 79 heavy (non-hydrogen) atoms. The van der Waals surface area contributed by atoms with Gasteiger partial charge in [-0.25, -0.2) is 0 Å². The number of aliphatic hydroxyl groups is 1. The van der Waals surface area contributed by atoms with Gasteiger partial charge >= 0.3 is 6.18 Å². The van der Waals surface area contributed by atoms with Gasteiger partial charge < -0.3 is 102 Å². The maximum atomic E-state index is 12.0. The number of hydrogen-bond acceptors (Lipinski definition) is 19. The van der Waals surface area contributed by atoms with Gasteiger partial charge in [0.15, 0.2) is 0 Å². The van der Waals surface area contributed by atoms with Gasteiger partial charge in [0.05, 0.1) is 5.56 Å². The number of aliphatic hydroxyl groups excluding tert-OH is 1. The molecule has 0 atom stereocenters. The quantitative estimate of drug-likeness (QED) is 0.133. The number of halogens is 4. The smallest absolute Gasteiger partial charge is 0.394 e. The molecule has 2 aromatic carbocycles. The van der Waals surface area contributed by atoms with E-state index in [4.69, 9.17) is 59.9 Å². The molecule has 24 N–H and O–H groups in total. The van der Waals surface area contributed by atoms with Crippen molar-refractivity contribution in [2.75, 3.05) is 28.2 Å². The Hall–Kier alpha value is -4.85. The van der Waals surface area contributed by atoms with Crippen LogP contribution in [-0.2, 0) is 62.2 Å². The molecule has 0 unspecified atom stereocenters. The summed E-state index contributed by atoms with van der Waals surface area (Å²) in [6, 6.07) is 13.2. The van der Waals surface area contributed by atoms with Gasteiger partial charge in [-0.1, -0.05) is 180 Å². The Morgan fingerprint density at radius 2 is 0.582 bits per heavy atom. The summed E-state index contributed by atoms with van der Waals surface area (Å²) in [6.07, 6.45) is 1.35. The first-order valence-corrected chi connectivity index (χ1v) is 24.0. The molecule has 0 fully saturated rings. The highest BCUT2D eigenvalue weighted by atomic mass is 35.5. The van der Waals surface area contributed by atoms with Crippen molar-refractivity contribution in [3.05, 3.63) is 70.2 Å². The van der Waals surface area contributed by atoms with Crippen LogP contribution in [0.15, 0.2) is 48.5 Å². The molecule has 0 radical (unpaired) electrons. The minimum Gasteiger partial charge on any atom is -0.394 e. The van der Waals surface area contributed by atoms with Gasteiger partial charge in [0, 0.05) is 11.1 Å². The van der Waals surface area contributed by atoms with Crippen LogP contribution in [0.4, 0.5) is 13.2 Å². The first-order valence-electron chi connectivity index (χ1n) is 23.6. The van der Waals surface area contributed by atoms with Gasteiger partial charge in [-0.05, 0) is 114 Å². The number of aryl methyl sites for hydroxylation is 2. The third-order valence-corrected chi connectivity index (χ3v) is 5.67. The van der Waals surface area contributed by atoms with Crippen LogP contribution in [0.3, 0.4) is 0 Å². The van der Waals surface area contributed by atoms with Gasteiger partial charge in [0.1, 0.15) is 61.1 Å². The molecule has 19 nitrogen and oxygen atoms in total. The monoisotopic (exact) mass is 1190 g/mol. The Labute approximate surface area is 491 Å². The summed E-state index contributed by atoms with van der Waals surface area (Å²) < 4.78 is 36.1. The van der Waals surface area contributed by atoms with Crippen molar-refractivity contribution in [1.82, 2.24) is 30.8 Å². The minimum absolute atomic E-state index is 0. The molecule has 0 aromatic heterocycles. The summed E-state index contributed by atoms with van der Waals surface area (Å²) >= 11 is 5.72. The zero-order valence-corrected chi connectivity index (χ0v) is 56.1. The lowest BCUT2D eigenvalue weighted by atomic mass is 10.1. The maximum Gasteiger partial charge on any atom is 0.416 e. The van der Waals surface area contributed by atoms with Crippen molar-refractivity contribution in [3.63, 3.8) is 0 Å². The Balaban J connectivity index is -0.0000000175. The van der Waals surface area contributed by atoms with Crippen molar-refractivity contribution in [1.29, 1.82) is 0 Å². The third kappa shape index (κ3) is 382. The number of alkyl halides is 3. The van der Waals surface area contributed by atoms with Gasteiger partial charge in [-0.15, -0.1) is 0 Å². The van der Waals surface area contributed by atoms with Crippen LogP contribution < -0.4 is 53.7 Å². The topological polar surface area (TPSA) is 453 Å². The van der Waals surface area contributed by atoms with Crippen LogP contribution in [0.2, 0.25) is 5.02 Å². The Morgan fingerprint density at radius 1 is 0.418 bits per heavy atom. The second-order valence-corrected chi connectivity index (χ2v) is 13.2. The van der Waals surface area contributed by atoms with Crippen molar-refractivity contribution in [2.24, 2.45) is 46.6 Å². The van der Waals surface area contributed by atoms with Gasteiger partial charge in [0.25, 0.3) is 0 Å². The molecule has 0 saturated heterocycles. The fourth-order valence-electron chi connectivity index (χ4n) is 1.69. The van der Waals surface area contributed by atoms with Crippen molar-refractivity contribution in [3.8, 4) is 0 Å². The summed E-state index contributed by atoms with van der Waals surface area (Å²) in [5.41, 5.74) is 19.6. The van der Waals surface area contributed by atoms with Crippen LogP contribution in [0.5, 0.6) is 0 Å². The first-order chi connectivity index (χ1) is 35.1. The fraction of sp³-hybridized carbons (Fsp3) is 0.625. The van der Waals surface area contributed by atoms with E-state index < -0.39 is 11.7 Å². The molecule has 0 saturated carbocycles. The van der Waals surface area contributed by atoms with Crippen LogP contribution in [0.25, 0.3) is 0 Å². The lowest BCUT2D eigenvalue weighted by Crippen LogP contribution is -2.04. The molecule has 2 rings (SSSR count). The highest BCUT2D eigenvalue weighted by molar-refractivity contribution is 6.30. The second-order valence-electron chi connectivity index (χ2n) is 12.8. The summed E-state index contributed by atoms with van der Waals surface area (Å²) in [4.78, 5) is 72.0. The number of rotatable bonds is 5. The number of carbonyl (C=O) groups excluding carboxylic acids is 9. The van der Waals surface area contributed by atoms with Crippen LogP contribution in [0, 0.1) is 23.7 Å². The molecule has 494 valence electrons. The normalized spacial score (nSPS) is 6.51. The van der Waals surface area contributed by atoms with E-state index in [1.54, 1.807) is 13.8 Å². The molecule has 0 bridgehead atoms. The van der Waals surface area contributed by atoms with Crippen molar-refractivity contribution in [2.45, 2.75) is 183 Å². The minimum atomic E-state index is -4.22. The maximum absolute atomic E-state index is 12.0. The lowest BCUT2D eigenvalue weighted by molar-refractivity contribution is -0.137. The van der Waals surface area contributed by atoms with Gasteiger partial charge in [0.2, 0.25) is 0 Å². The predicted octanol–water partition coefficient (Wildman–Crippen LogP) is 13.9. The Bertz CT molecular complexity index is 966. The molecule has 0 heterocycles. The van der Waals surface area contributed by atoms with E-state index in [9.17, 15) is 13.2 Å². The molecular formula is C56H137ClF3N9O10. The SMILES string of the molecule is C=O.C=O.C=O.C=O.C=O.C=O.C=O.C=O.C=O.CC.CC.CC(C)C.CC(C)O.CCC(C)C.CCC(C)C.CCC(C)C.CCc1ccc(C(F)(F)F)cc1.CCc1cccc(Cl)c1.CN.CN.CN.CN.N.N.N.N.N. The summed E-state index contributed by atoms with van der Waals surface area (Å²) in [5, 5.41) is 8.88. The van der Waals surface area contributed by atoms with E-state index in [0.29, 0.717) is 0 Å². The predicted molar refractivity (Wildman–Crippen MR) is 347 cm³/mol. The van der Waals surface area contributed by atoms with Crippen LogP contribution in [-0.4, -0.2) is 101 Å². The number of nitrogens with two attached hydrogens (primary N) is 4. The first kappa shape index (κ1) is 164. The van der Waals surface area contributed by atoms with Crippen LogP contribution >= 0.6 is 11.6 Å². The summed E-state index contributed by atoms with van der Waals surface area (Å²) in [6.45, 7) is 59.9. The average molecular weight is 1190 g/mol. The third-order valence-electron chi connectivity index (χ3n) is 5.44. The largest absolute Gasteiger partial charge is 0.416 e. The van der Waals surface area contributed by atoms with E-state index in [2.05, 4.69) is 119 Å². The second kappa shape index (κ2) is 225. The Kier molecular flexibility index (Phi) is 468. The van der Waals surface area contributed by atoms with E-state index in [1.165, 1.54) is 65.1 Å². The lowest BCUT2D eigenvalue weighted by Gasteiger charge is -2.06.